The number of halogens is 3. The maximum absolute atomic E-state index is 14.3. The molecule has 0 aliphatic heterocycles. The zero-order chi connectivity index (χ0) is 32.6. The van der Waals surface area contributed by atoms with Crippen LogP contribution in [0.1, 0.15) is 29.2 Å². The molecule has 0 aliphatic carbocycles. The fourth-order valence-electron chi connectivity index (χ4n) is 4.94. The summed E-state index contributed by atoms with van der Waals surface area (Å²) in [5.41, 5.74) is 0.969. The second-order valence-electron chi connectivity index (χ2n) is 10.5. The molecule has 0 saturated heterocycles. The molecule has 1 N–H and O–H groups in total. The van der Waals surface area contributed by atoms with Crippen LogP contribution in [0.5, 0.6) is 0 Å². The first-order valence-electron chi connectivity index (χ1n) is 14.3. The molecule has 4 aromatic carbocycles. The van der Waals surface area contributed by atoms with Crippen LogP contribution in [0.2, 0.25) is 0 Å². The lowest BCUT2D eigenvalue weighted by Crippen LogP contribution is -2.53. The first-order chi connectivity index (χ1) is 21.4. The lowest BCUT2D eigenvalue weighted by molar-refractivity contribution is -0.140. The topological polar surface area (TPSA) is 86.8 Å². The Morgan fingerprint density at radius 2 is 1.44 bits per heavy atom. The molecule has 4 aromatic rings. The molecule has 0 heterocycles. The van der Waals surface area contributed by atoms with E-state index in [1.165, 1.54) is 35.2 Å². The molecule has 4 rings (SSSR count). The van der Waals surface area contributed by atoms with Gasteiger partial charge in [0.05, 0.1) is 16.1 Å². The van der Waals surface area contributed by atoms with Gasteiger partial charge in [-0.05, 0) is 55.3 Å². The fourth-order valence-corrected chi connectivity index (χ4v) is 6.37. The number of aryl methyl sites for hydroxylation is 1. The van der Waals surface area contributed by atoms with Gasteiger partial charge in [-0.15, -0.1) is 0 Å². The minimum atomic E-state index is -4.75. The zero-order valence-corrected chi connectivity index (χ0v) is 25.7. The Hall–Kier alpha value is -4.64. The second-order valence-corrected chi connectivity index (χ2v) is 12.3. The van der Waals surface area contributed by atoms with Crippen LogP contribution in [0.4, 0.5) is 18.9 Å². The van der Waals surface area contributed by atoms with Crippen LogP contribution >= 0.6 is 0 Å². The third-order valence-corrected chi connectivity index (χ3v) is 8.92. The third kappa shape index (κ3) is 8.51. The summed E-state index contributed by atoms with van der Waals surface area (Å²) in [6, 6.07) is 26.3. The summed E-state index contributed by atoms with van der Waals surface area (Å²) in [6.45, 7) is 3.01. The number of nitrogens with one attached hydrogen (secondary N) is 1. The van der Waals surface area contributed by atoms with E-state index in [0.717, 1.165) is 23.3 Å². The Balaban J connectivity index is 1.83. The van der Waals surface area contributed by atoms with E-state index in [4.69, 9.17) is 0 Å². The van der Waals surface area contributed by atoms with E-state index < -0.39 is 46.2 Å². The number of sulfonamides is 1. The minimum Gasteiger partial charge on any atom is -0.355 e. The monoisotopic (exact) mass is 637 g/mol. The van der Waals surface area contributed by atoms with Crippen molar-refractivity contribution in [2.75, 3.05) is 17.4 Å². The van der Waals surface area contributed by atoms with E-state index in [-0.39, 0.29) is 30.1 Å². The lowest BCUT2D eigenvalue weighted by atomic mass is 10.0. The second kappa shape index (κ2) is 14.4. The number of hydrogen-bond acceptors (Lipinski definition) is 4. The van der Waals surface area contributed by atoms with Gasteiger partial charge in [0.25, 0.3) is 10.0 Å². The van der Waals surface area contributed by atoms with Gasteiger partial charge in [-0.2, -0.15) is 13.2 Å². The van der Waals surface area contributed by atoms with Crippen molar-refractivity contribution in [3.63, 3.8) is 0 Å². The average Bonchev–Trinajstić information content (AvgIpc) is 3.02. The Morgan fingerprint density at radius 3 is 2.07 bits per heavy atom. The molecule has 1 atom stereocenters. The number of carbonyl (C=O) groups excluding carboxylic acids is 2. The number of alkyl halides is 3. The van der Waals surface area contributed by atoms with Crippen molar-refractivity contribution in [3.8, 4) is 0 Å². The van der Waals surface area contributed by atoms with E-state index in [0.29, 0.717) is 15.9 Å². The fraction of sp³-hybridized carbons (Fsp3) is 0.235. The van der Waals surface area contributed by atoms with Crippen molar-refractivity contribution in [1.82, 2.24) is 10.2 Å². The standard InChI is InChI=1S/C34H34F3N3O4S/c1-3-38-33(42)31(21-26-13-6-4-7-14-26)39(23-27-15-10-12-25(2)20-27)32(41)24-40(45(43,44)30-18-8-5-9-19-30)29-17-11-16-28(22-29)34(35,36)37/h4-20,22,31H,3,21,23-24H2,1-2H3,(H,38,42)/t31-/m0/s1. The molecule has 7 nitrogen and oxygen atoms in total. The molecule has 0 fully saturated rings. The molecular weight excluding hydrogens is 603 g/mol. The van der Waals surface area contributed by atoms with Crippen molar-refractivity contribution >= 4 is 27.5 Å². The van der Waals surface area contributed by atoms with Crippen LogP contribution in [0.15, 0.2) is 114 Å². The zero-order valence-electron chi connectivity index (χ0n) is 24.9. The van der Waals surface area contributed by atoms with Crippen LogP contribution in [0.3, 0.4) is 0 Å². The van der Waals surface area contributed by atoms with Crippen LogP contribution < -0.4 is 9.62 Å². The summed E-state index contributed by atoms with van der Waals surface area (Å²) in [4.78, 5) is 28.9. The van der Waals surface area contributed by atoms with Crippen LogP contribution in [-0.4, -0.2) is 44.3 Å². The smallest absolute Gasteiger partial charge is 0.355 e. The number of benzene rings is 4. The highest BCUT2D eigenvalue weighted by molar-refractivity contribution is 7.92. The van der Waals surface area contributed by atoms with E-state index in [1.807, 2.05) is 37.3 Å². The molecule has 0 aromatic heterocycles. The average molecular weight is 638 g/mol. The van der Waals surface area contributed by atoms with Crippen molar-refractivity contribution in [2.24, 2.45) is 0 Å². The minimum absolute atomic E-state index is 0.0447. The Morgan fingerprint density at radius 1 is 0.822 bits per heavy atom. The first-order valence-corrected chi connectivity index (χ1v) is 15.8. The number of hydrogen-bond donors (Lipinski definition) is 1. The van der Waals surface area contributed by atoms with Gasteiger partial charge in [0, 0.05) is 19.5 Å². The highest BCUT2D eigenvalue weighted by Gasteiger charge is 2.36. The summed E-state index contributed by atoms with van der Waals surface area (Å²) in [7, 11) is -4.52. The van der Waals surface area contributed by atoms with Crippen molar-refractivity contribution < 1.29 is 31.2 Å². The molecule has 0 spiro atoms. The molecule has 45 heavy (non-hydrogen) atoms. The largest absolute Gasteiger partial charge is 0.416 e. The molecule has 2 amide bonds. The molecule has 0 unspecified atom stereocenters. The predicted octanol–water partition coefficient (Wildman–Crippen LogP) is 5.99. The summed E-state index contributed by atoms with van der Waals surface area (Å²) in [6.07, 6.45) is -4.63. The lowest BCUT2D eigenvalue weighted by Gasteiger charge is -2.34. The van der Waals surface area contributed by atoms with Crippen LogP contribution in [0, 0.1) is 6.92 Å². The highest BCUT2D eigenvalue weighted by atomic mass is 32.2. The molecular formula is C34H34F3N3O4S. The van der Waals surface area contributed by atoms with Gasteiger partial charge < -0.3 is 10.2 Å². The molecule has 0 aliphatic rings. The summed E-state index contributed by atoms with van der Waals surface area (Å²) in [5.74, 6) is -1.21. The SMILES string of the molecule is CCNC(=O)[C@H](Cc1ccccc1)N(Cc1cccc(C)c1)C(=O)CN(c1cccc(C(F)(F)F)c1)S(=O)(=O)c1ccccc1. The number of rotatable bonds is 12. The van der Waals surface area contributed by atoms with Gasteiger partial charge in [-0.25, -0.2) is 8.42 Å². The quantitative estimate of drug-likeness (QED) is 0.207. The molecule has 0 saturated carbocycles. The number of amides is 2. The number of likely N-dealkylation sites (N-methyl/N-ethyl adjacent to an activating group) is 1. The van der Waals surface area contributed by atoms with Crippen molar-refractivity contribution in [2.45, 2.75) is 43.9 Å². The molecule has 0 radical (unpaired) electrons. The summed E-state index contributed by atoms with van der Waals surface area (Å²) < 4.78 is 69.7. The maximum atomic E-state index is 14.3. The van der Waals surface area contributed by atoms with E-state index in [9.17, 15) is 31.2 Å². The maximum Gasteiger partial charge on any atom is 0.416 e. The van der Waals surface area contributed by atoms with Gasteiger partial charge in [-0.3, -0.25) is 13.9 Å². The number of nitrogens with zero attached hydrogens (tertiary/aromatic N) is 2. The first kappa shape index (κ1) is 33.3. The van der Waals surface area contributed by atoms with Gasteiger partial charge in [0.2, 0.25) is 11.8 Å². The van der Waals surface area contributed by atoms with Crippen LogP contribution in [-0.2, 0) is 38.8 Å². The number of anilines is 1. The summed E-state index contributed by atoms with van der Waals surface area (Å²) >= 11 is 0. The number of carbonyl (C=O) groups is 2. The van der Waals surface area contributed by atoms with Gasteiger partial charge in [0.1, 0.15) is 12.6 Å². The molecule has 236 valence electrons. The van der Waals surface area contributed by atoms with Gasteiger partial charge >= 0.3 is 6.18 Å². The van der Waals surface area contributed by atoms with Gasteiger partial charge in [-0.1, -0.05) is 84.4 Å². The Kier molecular flexibility index (Phi) is 10.7. The Labute approximate surface area is 261 Å². The Bertz CT molecular complexity index is 1720. The van der Waals surface area contributed by atoms with Crippen molar-refractivity contribution in [1.29, 1.82) is 0 Å². The highest BCUT2D eigenvalue weighted by Crippen LogP contribution is 2.33. The van der Waals surface area contributed by atoms with E-state index >= 15 is 0 Å². The third-order valence-electron chi connectivity index (χ3n) is 7.13. The summed E-state index contributed by atoms with van der Waals surface area (Å²) in [5, 5.41) is 2.77. The molecule has 0 bridgehead atoms. The van der Waals surface area contributed by atoms with E-state index in [2.05, 4.69) is 5.32 Å². The van der Waals surface area contributed by atoms with Gasteiger partial charge in [0.15, 0.2) is 0 Å². The predicted molar refractivity (Wildman–Crippen MR) is 167 cm³/mol. The molecule has 11 heteroatoms. The van der Waals surface area contributed by atoms with E-state index in [1.54, 1.807) is 37.3 Å². The normalized spacial score (nSPS) is 12.3. The van der Waals surface area contributed by atoms with Crippen molar-refractivity contribution in [3.05, 3.63) is 131 Å². The van der Waals surface area contributed by atoms with Crippen LogP contribution in [0.25, 0.3) is 0 Å².